The van der Waals surface area contributed by atoms with Crippen LogP contribution in [0.25, 0.3) is 0 Å². The molecule has 0 amide bonds. The Morgan fingerprint density at radius 3 is 2.17 bits per heavy atom. The Bertz CT molecular complexity index is 452. The van der Waals surface area contributed by atoms with Crippen LogP contribution in [0.3, 0.4) is 0 Å². The van der Waals surface area contributed by atoms with E-state index in [0.29, 0.717) is 38.3 Å². The molecule has 1 aromatic rings. The third kappa shape index (κ3) is 3.05. The Morgan fingerprint density at radius 2 is 1.61 bits per heavy atom. The number of hydrogen-bond acceptors (Lipinski definition) is 2. The van der Waals surface area contributed by atoms with Crippen LogP contribution in [0.4, 0.5) is 25.1 Å². The van der Waals surface area contributed by atoms with Gasteiger partial charge in [-0.25, -0.2) is 0 Å². The molecule has 0 atom stereocenters. The zero-order valence-corrected chi connectivity index (χ0v) is 10.2. The lowest BCUT2D eigenvalue weighted by molar-refractivity contribution is 0.364. The first-order valence-electron chi connectivity index (χ1n) is 5.36. The molecule has 104 valence electrons. The van der Waals surface area contributed by atoms with Crippen LogP contribution in [0.5, 0.6) is 0 Å². The number of halogens is 5. The highest BCUT2D eigenvalue weighted by atomic mass is 32.5. The highest BCUT2D eigenvalue weighted by molar-refractivity contribution is 8.45. The van der Waals surface area contributed by atoms with E-state index >= 15 is 0 Å². The largest absolute Gasteiger partial charge is 0.369 e. The van der Waals surface area contributed by atoms with Crippen LogP contribution in [0.15, 0.2) is 29.2 Å². The monoisotopic (exact) mass is 288 g/mol. The molecule has 0 bridgehead atoms. The van der Waals surface area contributed by atoms with E-state index in [1.54, 1.807) is 4.90 Å². The van der Waals surface area contributed by atoms with E-state index in [-0.39, 0.29) is 5.69 Å². The van der Waals surface area contributed by atoms with Gasteiger partial charge < -0.3 is 10.2 Å². The maximum Gasteiger partial charge on any atom is 0.310 e. The summed E-state index contributed by atoms with van der Waals surface area (Å²) in [6.07, 6.45) is 0. The lowest BCUT2D eigenvalue weighted by atomic mass is 10.2. The molecule has 2 rings (SSSR count). The summed E-state index contributed by atoms with van der Waals surface area (Å²) in [5.41, 5.74) is 0.183. The number of piperazine rings is 1. The number of nitrogens with one attached hydrogen (secondary N) is 1. The molecule has 0 aliphatic carbocycles. The zero-order valence-electron chi connectivity index (χ0n) is 9.38. The summed E-state index contributed by atoms with van der Waals surface area (Å²) < 4.78 is 63.3. The SMILES string of the molecule is FS(F)(F)(F)(F)c1cccc(N2CCNCC2)c1. The van der Waals surface area contributed by atoms with Gasteiger partial charge in [-0.15, -0.1) is 0 Å². The van der Waals surface area contributed by atoms with Gasteiger partial charge in [0, 0.05) is 31.9 Å². The molecule has 1 fully saturated rings. The van der Waals surface area contributed by atoms with Crippen LogP contribution in [0, 0.1) is 0 Å². The maximum absolute atomic E-state index is 12.7. The second kappa shape index (κ2) is 3.51. The third-order valence-electron chi connectivity index (χ3n) is 2.75. The molecule has 1 heterocycles. The molecule has 0 radical (unpaired) electrons. The van der Waals surface area contributed by atoms with Gasteiger partial charge in [0.15, 0.2) is 0 Å². The van der Waals surface area contributed by atoms with E-state index in [2.05, 4.69) is 5.32 Å². The highest BCUT2D eigenvalue weighted by Crippen LogP contribution is 3.02. The lowest BCUT2D eigenvalue weighted by Crippen LogP contribution is -2.43. The second-order valence-corrected chi connectivity index (χ2v) is 6.61. The van der Waals surface area contributed by atoms with Gasteiger partial charge in [-0.3, -0.25) is 0 Å². The second-order valence-electron chi connectivity index (χ2n) is 4.20. The Hall–Kier alpha value is -1.02. The summed E-state index contributed by atoms with van der Waals surface area (Å²) in [6.45, 7) is 2.26. The van der Waals surface area contributed by atoms with Gasteiger partial charge in [-0.05, 0) is 18.2 Å². The lowest BCUT2D eigenvalue weighted by Gasteiger charge is -2.41. The van der Waals surface area contributed by atoms with Crippen LogP contribution < -0.4 is 10.2 Å². The Morgan fingerprint density at radius 1 is 1.00 bits per heavy atom. The van der Waals surface area contributed by atoms with Gasteiger partial charge >= 0.3 is 10.2 Å². The first kappa shape index (κ1) is 13.4. The van der Waals surface area contributed by atoms with Crippen molar-refractivity contribution in [3.8, 4) is 0 Å². The van der Waals surface area contributed by atoms with Gasteiger partial charge in [0.2, 0.25) is 0 Å². The molecule has 0 spiro atoms. The van der Waals surface area contributed by atoms with Crippen molar-refractivity contribution in [3.63, 3.8) is 0 Å². The van der Waals surface area contributed by atoms with Crippen molar-refractivity contribution >= 4 is 15.9 Å². The Balaban J connectivity index is 2.37. The summed E-state index contributed by atoms with van der Waals surface area (Å²) in [6, 6.07) is 3.39. The van der Waals surface area contributed by atoms with Crippen LogP contribution >= 0.6 is 10.2 Å². The normalized spacial score (nSPS) is 21.3. The van der Waals surface area contributed by atoms with Gasteiger partial charge in [0.05, 0.1) is 0 Å². The molecule has 18 heavy (non-hydrogen) atoms. The van der Waals surface area contributed by atoms with Crippen LogP contribution in [-0.4, -0.2) is 26.2 Å². The number of hydrogen-bond donors (Lipinski definition) is 1. The standard InChI is InChI=1S/C10H13F5N2S/c11-18(12,13,14,15)10-3-1-2-9(8-10)17-6-4-16-5-7-17/h1-3,8,16H,4-7H2. The van der Waals surface area contributed by atoms with Crippen molar-refractivity contribution in [2.45, 2.75) is 4.90 Å². The average Bonchev–Trinajstić information content (AvgIpc) is 2.28. The molecule has 1 aromatic carbocycles. The molecule has 8 heteroatoms. The molecule has 0 aromatic heterocycles. The van der Waals surface area contributed by atoms with Crippen molar-refractivity contribution in [1.29, 1.82) is 0 Å². The highest BCUT2D eigenvalue weighted by Gasteiger charge is 2.65. The molecule has 1 saturated heterocycles. The van der Waals surface area contributed by atoms with E-state index in [1.165, 1.54) is 6.07 Å². The molecule has 0 saturated carbocycles. The van der Waals surface area contributed by atoms with E-state index in [4.69, 9.17) is 0 Å². The summed E-state index contributed by atoms with van der Waals surface area (Å²) in [4.78, 5) is -0.171. The van der Waals surface area contributed by atoms with Gasteiger partial charge in [0.1, 0.15) is 4.90 Å². The fraction of sp³-hybridized carbons (Fsp3) is 0.400. The molecular formula is C10H13F5N2S. The van der Waals surface area contributed by atoms with E-state index in [0.717, 1.165) is 6.07 Å². The minimum absolute atomic E-state index is 0.183. The van der Waals surface area contributed by atoms with E-state index < -0.39 is 15.1 Å². The topological polar surface area (TPSA) is 15.3 Å². The fourth-order valence-electron chi connectivity index (χ4n) is 1.84. The minimum atomic E-state index is -9.58. The number of nitrogens with zero attached hydrogens (tertiary/aromatic N) is 1. The molecule has 1 aliphatic heterocycles. The van der Waals surface area contributed by atoms with Crippen molar-refractivity contribution < 1.29 is 19.4 Å². The first-order valence-corrected chi connectivity index (χ1v) is 7.31. The van der Waals surface area contributed by atoms with Gasteiger partial charge in [-0.2, -0.15) is 0 Å². The first-order chi connectivity index (χ1) is 8.06. The maximum atomic E-state index is 12.7. The number of benzene rings is 1. The van der Waals surface area contributed by atoms with Gasteiger partial charge in [0.25, 0.3) is 0 Å². The van der Waals surface area contributed by atoms with Crippen molar-refractivity contribution in [2.24, 2.45) is 0 Å². The van der Waals surface area contributed by atoms with E-state index in [1.807, 2.05) is 0 Å². The number of rotatable bonds is 2. The summed E-state index contributed by atoms with van der Waals surface area (Å²) in [5, 5.41) is 3.04. The van der Waals surface area contributed by atoms with Gasteiger partial charge in [-0.1, -0.05) is 25.5 Å². The quantitative estimate of drug-likeness (QED) is 0.834. The van der Waals surface area contributed by atoms with Crippen molar-refractivity contribution in [3.05, 3.63) is 24.3 Å². The van der Waals surface area contributed by atoms with Crippen LogP contribution in [0.2, 0.25) is 0 Å². The molecule has 0 unspecified atom stereocenters. The predicted octanol–water partition coefficient (Wildman–Crippen LogP) is 3.75. The predicted molar refractivity (Wildman–Crippen MR) is 62.9 cm³/mol. The Labute approximate surface area is 101 Å². The van der Waals surface area contributed by atoms with E-state index in [9.17, 15) is 19.4 Å². The summed E-state index contributed by atoms with van der Waals surface area (Å²) >= 11 is 0. The third-order valence-corrected chi connectivity index (χ3v) is 3.89. The van der Waals surface area contributed by atoms with Crippen LogP contribution in [-0.2, 0) is 0 Å². The Kier molecular flexibility index (Phi) is 2.61. The molecular weight excluding hydrogens is 275 g/mol. The molecule has 2 nitrogen and oxygen atoms in total. The molecule has 1 N–H and O–H groups in total. The van der Waals surface area contributed by atoms with Crippen molar-refractivity contribution in [1.82, 2.24) is 5.32 Å². The smallest absolute Gasteiger partial charge is 0.310 e. The number of anilines is 1. The van der Waals surface area contributed by atoms with Crippen LogP contribution in [0.1, 0.15) is 0 Å². The average molecular weight is 288 g/mol. The fourth-order valence-corrected chi connectivity index (χ4v) is 2.52. The zero-order chi connectivity index (χ0) is 13.5. The summed E-state index contributed by atoms with van der Waals surface area (Å²) in [7, 11) is -9.58. The minimum Gasteiger partial charge on any atom is -0.369 e. The molecule has 1 aliphatic rings. The summed E-state index contributed by atoms with van der Waals surface area (Å²) in [5.74, 6) is 0. The van der Waals surface area contributed by atoms with Crippen molar-refractivity contribution in [2.75, 3.05) is 31.1 Å².